The van der Waals surface area contributed by atoms with Crippen LogP contribution in [0.5, 0.6) is 0 Å². The Labute approximate surface area is 473 Å². The van der Waals surface area contributed by atoms with Gasteiger partial charge in [0.1, 0.15) is 35.1 Å². The van der Waals surface area contributed by atoms with E-state index in [1.54, 1.807) is 77.5 Å². The van der Waals surface area contributed by atoms with Gasteiger partial charge in [-0.05, 0) is 105 Å². The maximum absolute atomic E-state index is 14.6. The number of hydrogen-bond donors (Lipinski definition) is 6. The Bertz CT molecular complexity index is 2540. The number of aromatic nitrogens is 1. The van der Waals surface area contributed by atoms with Crippen molar-refractivity contribution in [1.82, 2.24) is 14.9 Å². The number of rotatable bonds is 20. The number of nitrogens with one attached hydrogen (secondary N) is 1. The van der Waals surface area contributed by atoms with E-state index in [1.165, 1.54) is 27.2 Å². The highest BCUT2D eigenvalue weighted by Crippen LogP contribution is 2.41. The van der Waals surface area contributed by atoms with Gasteiger partial charge < -0.3 is 88.2 Å². The molecular formula is C56H89N5O20. The Morgan fingerprint density at radius 2 is 1.63 bits per heavy atom. The monoisotopic (exact) mass is 1150 g/mol. The van der Waals surface area contributed by atoms with E-state index < -0.39 is 138 Å². The lowest BCUT2D eigenvalue weighted by molar-refractivity contribution is -0.317. The molecule has 1 aromatic carbocycles. The molecule has 25 nitrogen and oxygen atoms in total. The number of oxime groups is 1. The van der Waals surface area contributed by atoms with Gasteiger partial charge in [-0.3, -0.25) is 14.3 Å². The van der Waals surface area contributed by atoms with Crippen LogP contribution in [-0.2, 0) is 63.5 Å². The number of aryl methyl sites for hydroxylation is 1. The van der Waals surface area contributed by atoms with E-state index in [9.17, 15) is 49.5 Å². The number of carbonyl (C=O) groups excluding carboxylic acids is 3. The van der Waals surface area contributed by atoms with E-state index >= 15 is 0 Å². The lowest BCUT2D eigenvalue weighted by atomic mass is 9.75. The van der Waals surface area contributed by atoms with Gasteiger partial charge in [0.25, 0.3) is 0 Å². The van der Waals surface area contributed by atoms with Crippen molar-refractivity contribution in [2.75, 3.05) is 73.8 Å². The fourth-order valence-electron chi connectivity index (χ4n) is 11.3. The van der Waals surface area contributed by atoms with Crippen LogP contribution in [0, 0.1) is 17.8 Å². The lowest BCUT2D eigenvalue weighted by Crippen LogP contribution is -2.61. The van der Waals surface area contributed by atoms with Gasteiger partial charge in [0.2, 0.25) is 12.0 Å². The van der Waals surface area contributed by atoms with Crippen molar-refractivity contribution in [2.24, 2.45) is 22.9 Å². The van der Waals surface area contributed by atoms with E-state index in [2.05, 4.69) is 15.2 Å². The number of alkyl carbamates (subject to hydrolysis) is 1. The van der Waals surface area contributed by atoms with E-state index in [-0.39, 0.29) is 49.1 Å². The molecule has 0 unspecified atom stereocenters. The number of carboxylic acid groups (broad SMARTS) is 1. The van der Waals surface area contributed by atoms with Crippen LogP contribution >= 0.6 is 0 Å². The summed E-state index contributed by atoms with van der Waals surface area (Å²) in [5.41, 5.74) is -5.08. The van der Waals surface area contributed by atoms with Crippen LogP contribution in [0.1, 0.15) is 110 Å². The number of aliphatic hydroxyl groups is 4. The minimum atomic E-state index is -2.21. The van der Waals surface area contributed by atoms with Gasteiger partial charge in [-0.2, -0.15) is 0 Å². The molecule has 17 atom stereocenters. The zero-order chi connectivity index (χ0) is 60.5. The number of carboxylic acids is 1. The van der Waals surface area contributed by atoms with Crippen molar-refractivity contribution in [3.05, 3.63) is 45.7 Å². The molecule has 3 fully saturated rings. The minimum absolute atomic E-state index is 0.0219. The first-order chi connectivity index (χ1) is 37.9. The molecule has 81 heavy (non-hydrogen) atoms. The van der Waals surface area contributed by atoms with Crippen LogP contribution < -0.4 is 15.8 Å². The van der Waals surface area contributed by atoms with Crippen LogP contribution in [0.3, 0.4) is 0 Å². The number of aromatic carboxylic acids is 1. The Kier molecular flexibility index (Phi) is 23.5. The number of aliphatic hydroxyl groups excluding tert-OH is 2. The van der Waals surface area contributed by atoms with E-state index in [1.807, 2.05) is 32.0 Å². The number of fused-ring (bicyclic) bond motifs is 1. The molecule has 0 aliphatic carbocycles. The van der Waals surface area contributed by atoms with Gasteiger partial charge in [0.05, 0.1) is 60.9 Å². The number of methoxy groups -OCH3 is 2. The average Bonchev–Trinajstić information content (AvgIpc) is 3.60. The third-order valence-electron chi connectivity index (χ3n) is 15.9. The normalized spacial score (nSPS) is 34.8. The van der Waals surface area contributed by atoms with Crippen molar-refractivity contribution in [2.45, 2.75) is 185 Å². The standard InChI is InChI=1S/C56H89N5O20/c1-16-40-56(9,71)47(65)43(58-75-29-41(62)72-14)30(2)26-54(7,70)48(80-52-45(64)39(59(10)11)24-31(3)76-52)32(4)46(33(5)51(68)78-40)79-42-27-55(8,73-15)49(34(6)77-42)81-53(69)57-21-23-74-22-17-18-35-19-20-38-36(25-35)44(63)37(50(66)67)28-61(38)60(12)13/h19-20,25,28,30-34,39-40,42,45-49,52,64-65,70-71H,16-18,21-24,26-27,29H2,1-15H3,(H,57,69)(H,66,67)/b58-43+/t30-,31-,32+,33-,34+,39+,40-,42+,45-,46+,47-,48-,49+,52+,54-,55-,56-/m1/s1. The summed E-state index contributed by atoms with van der Waals surface area (Å²) in [5, 5.41) is 67.0. The van der Waals surface area contributed by atoms with Crippen LogP contribution in [0.25, 0.3) is 10.9 Å². The number of amides is 1. The number of carbonyl (C=O) groups is 4. The third-order valence-corrected chi connectivity index (χ3v) is 15.9. The maximum Gasteiger partial charge on any atom is 0.407 e. The van der Waals surface area contributed by atoms with E-state index in [4.69, 9.17) is 42.7 Å². The number of hydrogen-bond acceptors (Lipinski definition) is 22. The van der Waals surface area contributed by atoms with E-state index in [0.29, 0.717) is 31.4 Å². The molecule has 3 saturated heterocycles. The predicted molar refractivity (Wildman–Crippen MR) is 294 cm³/mol. The second kappa shape index (κ2) is 28.5. The summed E-state index contributed by atoms with van der Waals surface area (Å²) in [5.74, 6) is -6.05. The number of benzene rings is 1. The number of esters is 2. The summed E-state index contributed by atoms with van der Waals surface area (Å²) >= 11 is 0. The quantitative estimate of drug-likeness (QED) is 0.0480. The Morgan fingerprint density at radius 1 is 0.938 bits per heavy atom. The van der Waals surface area contributed by atoms with Crippen LogP contribution in [-0.4, -0.2) is 218 Å². The predicted octanol–water partition coefficient (Wildman–Crippen LogP) is 2.72. The summed E-state index contributed by atoms with van der Waals surface area (Å²) in [6.07, 6.45) is -9.83. The van der Waals surface area contributed by atoms with Gasteiger partial charge in [-0.15, -0.1) is 0 Å². The molecule has 3 aliphatic rings. The number of ether oxygens (including phenoxy) is 9. The summed E-state index contributed by atoms with van der Waals surface area (Å²) < 4.78 is 56.4. The fraction of sp³-hybridized carbons (Fsp3) is 0.750. The molecule has 1 aromatic heterocycles. The van der Waals surface area contributed by atoms with Crippen molar-refractivity contribution >= 4 is 40.6 Å². The van der Waals surface area contributed by atoms with Crippen molar-refractivity contribution in [1.29, 1.82) is 0 Å². The fourth-order valence-corrected chi connectivity index (χ4v) is 11.3. The van der Waals surface area contributed by atoms with Gasteiger partial charge in [-0.25, -0.2) is 14.4 Å². The largest absolute Gasteiger partial charge is 0.477 e. The maximum atomic E-state index is 14.6. The summed E-state index contributed by atoms with van der Waals surface area (Å²) in [4.78, 5) is 72.0. The van der Waals surface area contributed by atoms with Crippen molar-refractivity contribution < 1.29 is 92.2 Å². The first kappa shape index (κ1) is 66.7. The molecule has 1 amide bonds. The Balaban J connectivity index is 1.34. The first-order valence-corrected chi connectivity index (χ1v) is 27.6. The van der Waals surface area contributed by atoms with E-state index in [0.717, 1.165) is 12.7 Å². The molecule has 458 valence electrons. The van der Waals surface area contributed by atoms with Crippen LogP contribution in [0.15, 0.2) is 34.3 Å². The van der Waals surface area contributed by atoms with Crippen LogP contribution in [0.4, 0.5) is 4.79 Å². The summed E-state index contributed by atoms with van der Waals surface area (Å²) in [7, 11) is 9.73. The summed E-state index contributed by atoms with van der Waals surface area (Å²) in [6.45, 7) is 14.4. The number of nitrogens with zero attached hydrogens (tertiary/aromatic N) is 4. The van der Waals surface area contributed by atoms with Crippen LogP contribution in [0.2, 0.25) is 0 Å². The highest BCUT2D eigenvalue weighted by Gasteiger charge is 2.54. The molecule has 0 bridgehead atoms. The van der Waals surface area contributed by atoms with Crippen molar-refractivity contribution in [3.63, 3.8) is 0 Å². The second-order valence-corrected chi connectivity index (χ2v) is 22.8. The SMILES string of the molecule is CC[C@H]1OC(=O)[C@H](C)[C@@H](O[C@H]2C[C@@](C)(OC)[C@@H](OC(=O)NCCOCCCc3ccc4c(c3)c(=O)c(C(=O)O)cn4N(C)C)[C@H](C)O2)[C@H](C)[C@@H](O[C@@H]2O[C@H](C)C[C@H](N(C)C)[C@H]2O)[C@](C)(O)C[C@@H](C)/C(=N\OCC(=O)OC)[C@@H](O)[C@]1(C)O. The third kappa shape index (κ3) is 16.2. The molecule has 3 aliphatic heterocycles. The highest BCUT2D eigenvalue weighted by atomic mass is 16.7. The average molecular weight is 1150 g/mol. The number of likely N-dealkylation sites (N-methyl/N-ethyl adjacent to an activating group) is 1. The highest BCUT2D eigenvalue weighted by molar-refractivity contribution is 5.93. The first-order valence-electron chi connectivity index (χ1n) is 27.6. The Hall–Kier alpha value is -5.06. The molecule has 0 saturated carbocycles. The molecule has 4 heterocycles. The van der Waals surface area contributed by atoms with Gasteiger partial charge in [0, 0.05) is 70.2 Å². The zero-order valence-electron chi connectivity index (χ0n) is 49.6. The smallest absolute Gasteiger partial charge is 0.407 e. The zero-order valence-corrected chi connectivity index (χ0v) is 49.6. The van der Waals surface area contributed by atoms with Gasteiger partial charge in [0.15, 0.2) is 18.7 Å². The molecule has 2 aromatic rings. The lowest BCUT2D eigenvalue weighted by Gasteiger charge is -2.49. The molecule has 6 N–H and O–H groups in total. The molecule has 5 rings (SSSR count). The summed E-state index contributed by atoms with van der Waals surface area (Å²) in [6, 6.07) is 4.94. The molecule has 0 radical (unpaired) electrons. The minimum Gasteiger partial charge on any atom is -0.477 e. The number of pyridine rings is 1. The second-order valence-electron chi connectivity index (χ2n) is 22.8. The number of cyclic esters (lactones) is 1. The van der Waals surface area contributed by atoms with Gasteiger partial charge >= 0.3 is 24.0 Å². The van der Waals surface area contributed by atoms with Gasteiger partial charge in [-0.1, -0.05) is 32.0 Å². The molecule has 0 spiro atoms. The molecular weight excluding hydrogens is 1060 g/mol. The topological polar surface area (TPSA) is 315 Å². The van der Waals surface area contributed by atoms with Crippen molar-refractivity contribution in [3.8, 4) is 0 Å². The molecule has 25 heteroatoms. The Morgan fingerprint density at radius 3 is 2.25 bits per heavy atom.